The highest BCUT2D eigenvalue weighted by molar-refractivity contribution is 6.19. The molecular formula is C26H23F2N3O4. The highest BCUT2D eigenvalue weighted by Crippen LogP contribution is 2.24. The highest BCUT2D eigenvalue weighted by atomic mass is 19.1. The van der Waals surface area contributed by atoms with Gasteiger partial charge in [0.2, 0.25) is 5.91 Å². The first kappa shape index (κ1) is 24.0. The summed E-state index contributed by atoms with van der Waals surface area (Å²) in [5, 5.41) is 5.50. The number of nitrogens with one attached hydrogen (secondary N) is 2. The van der Waals surface area contributed by atoms with Crippen molar-refractivity contribution in [1.82, 2.24) is 10.2 Å². The van der Waals surface area contributed by atoms with Gasteiger partial charge in [-0.25, -0.2) is 8.78 Å². The van der Waals surface area contributed by atoms with E-state index < -0.39 is 35.4 Å². The molecule has 2 aliphatic rings. The number of amides is 3. The lowest BCUT2D eigenvalue weighted by molar-refractivity contribution is -0.146. The summed E-state index contributed by atoms with van der Waals surface area (Å²) in [6, 6.07) is 9.22. The molecule has 0 radical (unpaired) electrons. The first-order chi connectivity index (χ1) is 16.7. The number of anilines is 1. The van der Waals surface area contributed by atoms with Crippen molar-refractivity contribution in [3.8, 4) is 0 Å². The molecule has 3 amide bonds. The SMILES string of the molecule is C=C1CCC(N2C(=O)C=C(Nc3cccc(CCC(=O)Cc4ccc(F)cc4F)c3)C2=O)C(=O)N1. The van der Waals surface area contributed by atoms with E-state index in [0.717, 1.165) is 28.7 Å². The normalized spacial score (nSPS) is 17.9. The molecule has 2 aliphatic heterocycles. The molecule has 1 fully saturated rings. The van der Waals surface area contributed by atoms with Crippen molar-refractivity contribution < 1.29 is 28.0 Å². The van der Waals surface area contributed by atoms with Gasteiger partial charge >= 0.3 is 0 Å². The predicted octanol–water partition coefficient (Wildman–Crippen LogP) is 3.17. The number of ketones is 1. The lowest BCUT2D eigenvalue weighted by Crippen LogP contribution is -2.52. The number of benzene rings is 2. The van der Waals surface area contributed by atoms with Crippen LogP contribution < -0.4 is 10.6 Å². The van der Waals surface area contributed by atoms with Crippen molar-refractivity contribution in [2.45, 2.75) is 38.1 Å². The van der Waals surface area contributed by atoms with E-state index in [4.69, 9.17) is 0 Å². The van der Waals surface area contributed by atoms with Crippen LogP contribution in [0.4, 0.5) is 14.5 Å². The van der Waals surface area contributed by atoms with E-state index >= 15 is 0 Å². The Kier molecular flexibility index (Phi) is 6.86. The number of hydrogen-bond acceptors (Lipinski definition) is 5. The van der Waals surface area contributed by atoms with E-state index in [2.05, 4.69) is 17.2 Å². The smallest absolute Gasteiger partial charge is 0.278 e. The van der Waals surface area contributed by atoms with Crippen LogP contribution in [-0.4, -0.2) is 34.4 Å². The maximum atomic E-state index is 13.8. The zero-order valence-corrected chi connectivity index (χ0v) is 18.8. The lowest BCUT2D eigenvalue weighted by atomic mass is 10.0. The van der Waals surface area contributed by atoms with Gasteiger partial charge in [-0.2, -0.15) is 0 Å². The summed E-state index contributed by atoms with van der Waals surface area (Å²) >= 11 is 0. The summed E-state index contributed by atoms with van der Waals surface area (Å²) in [5.74, 6) is -3.25. The standard InChI is InChI=1S/C26H23F2N3O4/c1-15-5-10-23(25(34)29-15)31-24(33)14-22(26(31)35)30-19-4-2-3-16(11-19)6-9-20(32)12-17-7-8-18(27)13-21(17)28/h2-4,7-8,11,13-14,23,30H,1,5-6,9-10,12H2,(H,29,34). The summed E-state index contributed by atoms with van der Waals surface area (Å²) in [5.41, 5.74) is 2.07. The largest absolute Gasteiger partial charge is 0.351 e. The van der Waals surface area contributed by atoms with Crippen LogP contribution in [0.1, 0.15) is 30.4 Å². The molecule has 7 nitrogen and oxygen atoms in total. The molecule has 2 aromatic carbocycles. The summed E-state index contributed by atoms with van der Waals surface area (Å²) < 4.78 is 26.8. The molecule has 1 unspecified atom stereocenters. The Morgan fingerprint density at radius 2 is 1.94 bits per heavy atom. The zero-order valence-electron chi connectivity index (χ0n) is 18.8. The average Bonchev–Trinajstić information content (AvgIpc) is 3.07. The second-order valence-corrected chi connectivity index (χ2v) is 8.50. The third-order valence-corrected chi connectivity index (χ3v) is 5.89. The molecule has 0 aromatic heterocycles. The van der Waals surface area contributed by atoms with Gasteiger partial charge in [-0.15, -0.1) is 0 Å². The van der Waals surface area contributed by atoms with E-state index in [1.807, 2.05) is 0 Å². The predicted molar refractivity (Wildman–Crippen MR) is 124 cm³/mol. The minimum absolute atomic E-state index is 0.0483. The van der Waals surface area contributed by atoms with E-state index in [-0.39, 0.29) is 29.9 Å². The first-order valence-electron chi connectivity index (χ1n) is 11.1. The molecular weight excluding hydrogens is 456 g/mol. The number of carbonyl (C=O) groups excluding carboxylic acids is 4. The Morgan fingerprint density at radius 3 is 2.69 bits per heavy atom. The van der Waals surface area contributed by atoms with Gasteiger partial charge in [-0.1, -0.05) is 24.8 Å². The minimum Gasteiger partial charge on any atom is -0.351 e. The number of carbonyl (C=O) groups is 4. The Morgan fingerprint density at radius 1 is 1.14 bits per heavy atom. The van der Waals surface area contributed by atoms with Gasteiger partial charge in [0.1, 0.15) is 29.2 Å². The van der Waals surface area contributed by atoms with Gasteiger partial charge in [0, 0.05) is 36.4 Å². The summed E-state index contributed by atoms with van der Waals surface area (Å²) in [4.78, 5) is 50.8. The number of piperidine rings is 1. The monoisotopic (exact) mass is 479 g/mol. The molecule has 0 bridgehead atoms. The molecule has 0 spiro atoms. The number of nitrogens with zero attached hydrogens (tertiary/aromatic N) is 1. The molecule has 0 aliphatic carbocycles. The number of allylic oxidation sites excluding steroid dienone is 1. The number of Topliss-reactive ketones (excluding diaryl/α,β-unsaturated/α-hetero) is 1. The quantitative estimate of drug-likeness (QED) is 0.567. The molecule has 2 heterocycles. The molecule has 2 aromatic rings. The van der Waals surface area contributed by atoms with Crippen molar-refractivity contribution >= 4 is 29.2 Å². The topological polar surface area (TPSA) is 95.6 Å². The number of hydrogen-bond donors (Lipinski definition) is 2. The van der Waals surface area contributed by atoms with E-state index in [1.165, 1.54) is 6.07 Å². The fourth-order valence-corrected chi connectivity index (χ4v) is 4.09. The molecule has 180 valence electrons. The van der Waals surface area contributed by atoms with Crippen LogP contribution in [0.25, 0.3) is 0 Å². The van der Waals surface area contributed by atoms with Gasteiger partial charge in [0.25, 0.3) is 11.8 Å². The molecule has 2 N–H and O–H groups in total. The average molecular weight is 479 g/mol. The van der Waals surface area contributed by atoms with Crippen molar-refractivity contribution in [3.05, 3.63) is 89.3 Å². The molecule has 0 saturated carbocycles. The van der Waals surface area contributed by atoms with Gasteiger partial charge in [0.05, 0.1) is 0 Å². The number of aryl methyl sites for hydroxylation is 1. The second-order valence-electron chi connectivity index (χ2n) is 8.50. The molecule has 1 atom stereocenters. The molecule has 9 heteroatoms. The Labute approximate surface area is 200 Å². The fraction of sp³-hybridized carbons (Fsp3) is 0.231. The van der Waals surface area contributed by atoms with Crippen LogP contribution >= 0.6 is 0 Å². The number of imide groups is 1. The summed E-state index contributed by atoms with van der Waals surface area (Å²) in [6.45, 7) is 3.70. The maximum absolute atomic E-state index is 13.8. The fourth-order valence-electron chi connectivity index (χ4n) is 4.09. The van der Waals surface area contributed by atoms with E-state index in [1.54, 1.807) is 24.3 Å². The summed E-state index contributed by atoms with van der Waals surface area (Å²) in [6.07, 6.45) is 2.34. The van der Waals surface area contributed by atoms with Crippen molar-refractivity contribution in [1.29, 1.82) is 0 Å². The Hall–Kier alpha value is -4.14. The molecule has 4 rings (SSSR count). The zero-order chi connectivity index (χ0) is 25.1. The van der Waals surface area contributed by atoms with Crippen molar-refractivity contribution in [3.63, 3.8) is 0 Å². The minimum atomic E-state index is -0.889. The third kappa shape index (κ3) is 5.51. The molecule has 1 saturated heterocycles. The second kappa shape index (κ2) is 10.0. The van der Waals surface area contributed by atoms with Crippen LogP contribution in [0.2, 0.25) is 0 Å². The first-order valence-corrected chi connectivity index (χ1v) is 11.1. The van der Waals surface area contributed by atoms with Crippen LogP contribution in [0.3, 0.4) is 0 Å². The van der Waals surface area contributed by atoms with E-state index in [0.29, 0.717) is 30.6 Å². The third-order valence-electron chi connectivity index (χ3n) is 5.89. The van der Waals surface area contributed by atoms with E-state index in [9.17, 15) is 28.0 Å². The van der Waals surface area contributed by atoms with Crippen molar-refractivity contribution in [2.75, 3.05) is 5.32 Å². The van der Waals surface area contributed by atoms with Gasteiger partial charge in [0.15, 0.2) is 0 Å². The number of rotatable bonds is 8. The van der Waals surface area contributed by atoms with Crippen LogP contribution in [-0.2, 0) is 32.0 Å². The van der Waals surface area contributed by atoms with Crippen LogP contribution in [0.5, 0.6) is 0 Å². The van der Waals surface area contributed by atoms with Crippen LogP contribution in [0.15, 0.2) is 66.5 Å². The lowest BCUT2D eigenvalue weighted by Gasteiger charge is -2.29. The van der Waals surface area contributed by atoms with Crippen LogP contribution in [0, 0.1) is 11.6 Å². The van der Waals surface area contributed by atoms with Gasteiger partial charge in [-0.3, -0.25) is 24.1 Å². The number of halogens is 2. The Balaban J connectivity index is 1.36. The summed E-state index contributed by atoms with van der Waals surface area (Å²) in [7, 11) is 0. The highest BCUT2D eigenvalue weighted by Gasteiger charge is 2.41. The van der Waals surface area contributed by atoms with Gasteiger partial charge < -0.3 is 10.6 Å². The van der Waals surface area contributed by atoms with Crippen molar-refractivity contribution in [2.24, 2.45) is 0 Å². The Bertz CT molecular complexity index is 1270. The van der Waals surface area contributed by atoms with Gasteiger partial charge in [-0.05, 0) is 48.6 Å². The molecule has 35 heavy (non-hydrogen) atoms. The maximum Gasteiger partial charge on any atom is 0.278 e.